The van der Waals surface area contributed by atoms with Gasteiger partial charge < -0.3 is 9.47 Å². The Balaban J connectivity index is 2.00. The molecular weight excluding hydrogens is 312 g/mol. The molecule has 0 bridgehead atoms. The monoisotopic (exact) mass is 330 g/mol. The number of benzene rings is 3. The van der Waals surface area contributed by atoms with Gasteiger partial charge >= 0.3 is 0 Å². The molecule has 0 amide bonds. The van der Waals surface area contributed by atoms with E-state index >= 15 is 0 Å². The fourth-order valence-corrected chi connectivity index (χ4v) is 2.96. The topological polar surface area (TPSA) is 36.3 Å². The van der Waals surface area contributed by atoms with Crippen LogP contribution in [-0.4, -0.2) is 23.8 Å². The molecule has 0 aliphatic carbocycles. The first-order valence-corrected chi connectivity index (χ1v) is 8.06. The zero-order valence-corrected chi connectivity index (χ0v) is 14.1. The van der Waals surface area contributed by atoms with Gasteiger partial charge in [-0.3, -0.25) is 4.57 Å². The number of nitrogens with zero attached hydrogens (tertiary/aromatic N) is 2. The average Bonchev–Trinajstić information content (AvgIpc) is 3.07. The lowest BCUT2D eigenvalue weighted by atomic mass is 10.2. The summed E-state index contributed by atoms with van der Waals surface area (Å²) in [6, 6.07) is 24.1. The van der Waals surface area contributed by atoms with Crippen LogP contribution in [0.1, 0.15) is 0 Å². The van der Waals surface area contributed by atoms with Crippen LogP contribution in [-0.2, 0) is 0 Å². The fourth-order valence-electron chi connectivity index (χ4n) is 2.96. The summed E-state index contributed by atoms with van der Waals surface area (Å²) in [5.74, 6) is 2.53. The second-order valence-corrected chi connectivity index (χ2v) is 5.69. The summed E-state index contributed by atoms with van der Waals surface area (Å²) in [6.07, 6.45) is 0. The number of hydrogen-bond acceptors (Lipinski definition) is 3. The highest BCUT2D eigenvalue weighted by Gasteiger charge is 2.15. The Hall–Kier alpha value is -3.27. The lowest BCUT2D eigenvalue weighted by Crippen LogP contribution is -1.98. The molecule has 4 nitrogen and oxygen atoms in total. The van der Waals surface area contributed by atoms with Gasteiger partial charge in [0.05, 0.1) is 25.3 Å². The highest BCUT2D eigenvalue weighted by atomic mass is 16.5. The molecule has 4 rings (SSSR count). The molecule has 4 heteroatoms. The van der Waals surface area contributed by atoms with E-state index < -0.39 is 0 Å². The van der Waals surface area contributed by atoms with Gasteiger partial charge in [-0.25, -0.2) is 4.98 Å². The molecule has 0 spiro atoms. The van der Waals surface area contributed by atoms with Gasteiger partial charge in [0.25, 0.3) is 0 Å². The number of hydrogen-bond donors (Lipinski definition) is 0. The molecular formula is C21H18N2O2. The number of aromatic nitrogens is 2. The van der Waals surface area contributed by atoms with Crippen LogP contribution in [0, 0.1) is 0 Å². The summed E-state index contributed by atoms with van der Waals surface area (Å²) in [6.45, 7) is 0. The summed E-state index contributed by atoms with van der Waals surface area (Å²) in [5, 5.41) is 0. The van der Waals surface area contributed by atoms with Crippen molar-refractivity contribution in [2.75, 3.05) is 14.2 Å². The van der Waals surface area contributed by atoms with Gasteiger partial charge in [-0.2, -0.15) is 0 Å². The maximum Gasteiger partial charge on any atom is 0.145 e. The van der Waals surface area contributed by atoms with Gasteiger partial charge in [0.15, 0.2) is 0 Å². The van der Waals surface area contributed by atoms with E-state index in [-0.39, 0.29) is 0 Å². The van der Waals surface area contributed by atoms with E-state index in [0.29, 0.717) is 0 Å². The minimum atomic E-state index is 0.807. The van der Waals surface area contributed by atoms with E-state index in [1.807, 2.05) is 60.7 Å². The van der Waals surface area contributed by atoms with E-state index in [1.54, 1.807) is 14.2 Å². The standard InChI is InChI=1S/C21H18N2O2/c1-24-17-10-8-16(9-11-17)23-20-14-18(25-2)12-13-19(20)22-21(23)15-6-4-3-5-7-15/h3-14H,1-2H3. The lowest BCUT2D eigenvalue weighted by Gasteiger charge is -2.11. The summed E-state index contributed by atoms with van der Waals surface area (Å²) in [4.78, 5) is 4.85. The van der Waals surface area contributed by atoms with Crippen LogP contribution < -0.4 is 9.47 Å². The number of ether oxygens (including phenoxy) is 2. The average molecular weight is 330 g/mol. The molecule has 0 aliphatic heterocycles. The highest BCUT2D eigenvalue weighted by molar-refractivity contribution is 5.84. The number of methoxy groups -OCH3 is 2. The van der Waals surface area contributed by atoms with Crippen molar-refractivity contribution in [3.05, 3.63) is 72.8 Å². The largest absolute Gasteiger partial charge is 0.497 e. The first-order chi connectivity index (χ1) is 12.3. The van der Waals surface area contributed by atoms with Crippen molar-refractivity contribution in [1.29, 1.82) is 0 Å². The number of fused-ring (bicyclic) bond motifs is 1. The minimum Gasteiger partial charge on any atom is -0.497 e. The van der Waals surface area contributed by atoms with Gasteiger partial charge in [-0.1, -0.05) is 30.3 Å². The van der Waals surface area contributed by atoms with Crippen molar-refractivity contribution in [3.8, 4) is 28.6 Å². The molecule has 4 aromatic rings. The number of rotatable bonds is 4. The Kier molecular flexibility index (Phi) is 3.86. The van der Waals surface area contributed by atoms with Crippen LogP contribution in [0.4, 0.5) is 0 Å². The van der Waals surface area contributed by atoms with Crippen LogP contribution in [0.5, 0.6) is 11.5 Å². The Morgan fingerprint density at radius 1 is 0.760 bits per heavy atom. The molecule has 0 atom stereocenters. The lowest BCUT2D eigenvalue weighted by molar-refractivity contribution is 0.414. The quantitative estimate of drug-likeness (QED) is 0.544. The Labute approximate surface area is 146 Å². The molecule has 0 N–H and O–H groups in total. The normalized spacial score (nSPS) is 10.8. The number of imidazole rings is 1. The van der Waals surface area contributed by atoms with Crippen LogP contribution >= 0.6 is 0 Å². The molecule has 0 saturated carbocycles. The predicted molar refractivity (Wildman–Crippen MR) is 99.6 cm³/mol. The maximum atomic E-state index is 5.40. The molecule has 0 saturated heterocycles. The Morgan fingerprint density at radius 2 is 1.44 bits per heavy atom. The van der Waals surface area contributed by atoms with Crippen molar-refractivity contribution in [3.63, 3.8) is 0 Å². The van der Waals surface area contributed by atoms with E-state index in [4.69, 9.17) is 14.5 Å². The molecule has 0 fully saturated rings. The second-order valence-electron chi connectivity index (χ2n) is 5.69. The summed E-state index contributed by atoms with van der Waals surface area (Å²) in [7, 11) is 3.34. The first-order valence-electron chi connectivity index (χ1n) is 8.06. The highest BCUT2D eigenvalue weighted by Crippen LogP contribution is 2.31. The Bertz CT molecular complexity index is 1010. The van der Waals surface area contributed by atoms with Crippen molar-refractivity contribution in [1.82, 2.24) is 9.55 Å². The van der Waals surface area contributed by atoms with Gasteiger partial charge in [-0.15, -0.1) is 0 Å². The van der Waals surface area contributed by atoms with Gasteiger partial charge in [0.2, 0.25) is 0 Å². The molecule has 124 valence electrons. The smallest absolute Gasteiger partial charge is 0.145 e. The van der Waals surface area contributed by atoms with E-state index in [1.165, 1.54) is 0 Å². The summed E-state index contributed by atoms with van der Waals surface area (Å²) < 4.78 is 12.8. The fraction of sp³-hybridized carbons (Fsp3) is 0.0952. The third-order valence-corrected chi connectivity index (χ3v) is 4.22. The molecule has 1 heterocycles. The van der Waals surface area contributed by atoms with Crippen LogP contribution in [0.25, 0.3) is 28.1 Å². The molecule has 0 radical (unpaired) electrons. The summed E-state index contributed by atoms with van der Waals surface area (Å²) >= 11 is 0. The van der Waals surface area contributed by atoms with Crippen molar-refractivity contribution in [2.45, 2.75) is 0 Å². The SMILES string of the molecule is COc1ccc(-n2c(-c3ccccc3)nc3ccc(OC)cc32)cc1. The van der Waals surface area contributed by atoms with Crippen molar-refractivity contribution >= 4 is 11.0 Å². The van der Waals surface area contributed by atoms with Crippen LogP contribution in [0.2, 0.25) is 0 Å². The van der Waals surface area contributed by atoms with Gasteiger partial charge in [0.1, 0.15) is 17.3 Å². The van der Waals surface area contributed by atoms with E-state index in [2.05, 4.69) is 16.7 Å². The second kappa shape index (κ2) is 6.32. The third kappa shape index (κ3) is 2.72. The van der Waals surface area contributed by atoms with Crippen molar-refractivity contribution < 1.29 is 9.47 Å². The Morgan fingerprint density at radius 3 is 2.12 bits per heavy atom. The summed E-state index contributed by atoms with van der Waals surface area (Å²) in [5.41, 5.74) is 4.02. The molecule has 3 aromatic carbocycles. The van der Waals surface area contributed by atoms with E-state index in [0.717, 1.165) is 39.6 Å². The van der Waals surface area contributed by atoms with Crippen LogP contribution in [0.15, 0.2) is 72.8 Å². The third-order valence-electron chi connectivity index (χ3n) is 4.22. The zero-order valence-electron chi connectivity index (χ0n) is 14.1. The minimum absolute atomic E-state index is 0.807. The van der Waals surface area contributed by atoms with Crippen molar-refractivity contribution in [2.24, 2.45) is 0 Å². The van der Waals surface area contributed by atoms with Gasteiger partial charge in [0, 0.05) is 17.3 Å². The zero-order chi connectivity index (χ0) is 17.2. The first kappa shape index (κ1) is 15.3. The molecule has 0 unspecified atom stereocenters. The molecule has 1 aromatic heterocycles. The van der Waals surface area contributed by atoms with Gasteiger partial charge in [-0.05, 0) is 36.4 Å². The van der Waals surface area contributed by atoms with Crippen LogP contribution in [0.3, 0.4) is 0 Å². The predicted octanol–water partition coefficient (Wildman–Crippen LogP) is 4.71. The molecule has 25 heavy (non-hydrogen) atoms. The van der Waals surface area contributed by atoms with E-state index in [9.17, 15) is 0 Å². The maximum absolute atomic E-state index is 5.40. The molecule has 0 aliphatic rings.